The summed E-state index contributed by atoms with van der Waals surface area (Å²) in [6.45, 7) is 6.05. The number of ether oxygens (including phenoxy) is 1. The van der Waals surface area contributed by atoms with Gasteiger partial charge in [-0.25, -0.2) is 4.79 Å². The van der Waals surface area contributed by atoms with Crippen LogP contribution < -0.4 is 0 Å². The van der Waals surface area contributed by atoms with Crippen LogP contribution in [0.15, 0.2) is 24.5 Å². The first-order valence-electron chi connectivity index (χ1n) is 7.67. The van der Waals surface area contributed by atoms with E-state index in [1.807, 2.05) is 24.2 Å². The van der Waals surface area contributed by atoms with Crippen molar-refractivity contribution in [3.05, 3.63) is 30.1 Å². The molecule has 0 spiro atoms. The van der Waals surface area contributed by atoms with Crippen LogP contribution in [0.1, 0.15) is 38.3 Å². The number of aromatic nitrogens is 1. The van der Waals surface area contributed by atoms with Crippen molar-refractivity contribution in [2.24, 2.45) is 0 Å². The van der Waals surface area contributed by atoms with Crippen LogP contribution in [0.4, 0.5) is 4.79 Å². The summed E-state index contributed by atoms with van der Waals surface area (Å²) in [5.74, 6) is 0. The molecule has 1 aliphatic heterocycles. The maximum atomic E-state index is 11.7. The Bertz CT molecular complexity index is 444. The number of carbonyl (C=O) groups is 1. The molecule has 1 atom stereocenters. The Labute approximate surface area is 126 Å². The van der Waals surface area contributed by atoms with E-state index in [-0.39, 0.29) is 6.09 Å². The quantitative estimate of drug-likeness (QED) is 0.855. The minimum atomic E-state index is -0.180. The van der Waals surface area contributed by atoms with Crippen LogP contribution in [-0.4, -0.2) is 53.7 Å². The van der Waals surface area contributed by atoms with Gasteiger partial charge in [-0.2, -0.15) is 0 Å². The Morgan fingerprint density at radius 3 is 2.62 bits per heavy atom. The van der Waals surface area contributed by atoms with E-state index in [1.165, 1.54) is 5.56 Å². The summed E-state index contributed by atoms with van der Waals surface area (Å²) in [4.78, 5) is 20.0. The van der Waals surface area contributed by atoms with Crippen molar-refractivity contribution >= 4 is 6.09 Å². The van der Waals surface area contributed by atoms with Gasteiger partial charge in [0.25, 0.3) is 0 Å². The molecule has 0 radical (unpaired) electrons. The first-order chi connectivity index (χ1) is 10.1. The highest BCUT2D eigenvalue weighted by atomic mass is 16.6. The molecule has 0 unspecified atom stereocenters. The van der Waals surface area contributed by atoms with Gasteiger partial charge in [0.05, 0.1) is 6.61 Å². The van der Waals surface area contributed by atoms with Gasteiger partial charge in [-0.1, -0.05) is 0 Å². The number of hydrogen-bond donors (Lipinski definition) is 0. The highest BCUT2D eigenvalue weighted by Gasteiger charge is 2.28. The zero-order chi connectivity index (χ0) is 15.2. The van der Waals surface area contributed by atoms with Gasteiger partial charge in [-0.15, -0.1) is 0 Å². The summed E-state index contributed by atoms with van der Waals surface area (Å²) < 4.78 is 5.06. The monoisotopic (exact) mass is 291 g/mol. The van der Waals surface area contributed by atoms with Gasteiger partial charge in [0.2, 0.25) is 0 Å². The Balaban J connectivity index is 1.88. The lowest BCUT2D eigenvalue weighted by atomic mass is 10.00. The lowest BCUT2D eigenvalue weighted by molar-refractivity contribution is 0.0721. The van der Waals surface area contributed by atoms with Crippen molar-refractivity contribution < 1.29 is 9.53 Å². The fourth-order valence-electron chi connectivity index (χ4n) is 2.86. The van der Waals surface area contributed by atoms with Crippen molar-refractivity contribution in [3.8, 4) is 0 Å². The standard InChI is InChI=1S/C16H25N3O2/c1-4-21-16(20)19-11-7-15(8-12-19)18(3)13(2)14-5-9-17-10-6-14/h5-6,9-10,13,15H,4,7-8,11-12H2,1-3H3/t13-/m0/s1. The predicted octanol–water partition coefficient (Wildman–Crippen LogP) is 2.70. The second-order valence-electron chi connectivity index (χ2n) is 5.54. The van der Waals surface area contributed by atoms with E-state index in [1.54, 1.807) is 0 Å². The third-order valence-corrected chi connectivity index (χ3v) is 4.37. The molecule has 5 nitrogen and oxygen atoms in total. The minimum absolute atomic E-state index is 0.180. The van der Waals surface area contributed by atoms with Crippen molar-refractivity contribution in [1.82, 2.24) is 14.8 Å². The van der Waals surface area contributed by atoms with E-state index in [9.17, 15) is 4.79 Å². The van der Waals surface area contributed by atoms with Gasteiger partial charge in [0, 0.05) is 37.6 Å². The van der Waals surface area contributed by atoms with Crippen LogP contribution in [0.3, 0.4) is 0 Å². The highest BCUT2D eigenvalue weighted by molar-refractivity contribution is 5.67. The number of hydrogen-bond acceptors (Lipinski definition) is 4. The van der Waals surface area contributed by atoms with Crippen LogP contribution in [-0.2, 0) is 4.74 Å². The average Bonchev–Trinajstić information content (AvgIpc) is 2.54. The number of rotatable bonds is 4. The predicted molar refractivity (Wildman–Crippen MR) is 82.0 cm³/mol. The SMILES string of the molecule is CCOC(=O)N1CCC(N(C)[C@@H](C)c2ccncc2)CC1. The second kappa shape index (κ2) is 7.41. The first kappa shape index (κ1) is 15.8. The number of piperidine rings is 1. The lowest BCUT2D eigenvalue weighted by Gasteiger charge is -2.39. The van der Waals surface area contributed by atoms with E-state index >= 15 is 0 Å². The van der Waals surface area contributed by atoms with Crippen LogP contribution in [0, 0.1) is 0 Å². The molecular formula is C16H25N3O2. The molecule has 2 heterocycles. The average molecular weight is 291 g/mol. The Morgan fingerprint density at radius 1 is 1.43 bits per heavy atom. The molecule has 2 rings (SSSR count). The smallest absolute Gasteiger partial charge is 0.409 e. The van der Waals surface area contributed by atoms with Gasteiger partial charge in [0.15, 0.2) is 0 Å². The fraction of sp³-hybridized carbons (Fsp3) is 0.625. The molecule has 0 aromatic carbocycles. The Morgan fingerprint density at radius 2 is 2.05 bits per heavy atom. The van der Waals surface area contributed by atoms with Crippen molar-refractivity contribution in [3.63, 3.8) is 0 Å². The number of amides is 1. The Kier molecular flexibility index (Phi) is 5.56. The molecule has 0 saturated carbocycles. The topological polar surface area (TPSA) is 45.7 Å². The summed E-state index contributed by atoms with van der Waals surface area (Å²) in [6.07, 6.45) is 5.47. The van der Waals surface area contributed by atoms with E-state index in [0.29, 0.717) is 18.7 Å². The molecule has 21 heavy (non-hydrogen) atoms. The molecule has 1 aromatic heterocycles. The number of carbonyl (C=O) groups excluding carboxylic acids is 1. The number of pyridine rings is 1. The molecular weight excluding hydrogens is 266 g/mol. The van der Waals surface area contributed by atoms with E-state index in [0.717, 1.165) is 25.9 Å². The summed E-state index contributed by atoms with van der Waals surface area (Å²) in [5, 5.41) is 0. The lowest BCUT2D eigenvalue weighted by Crippen LogP contribution is -2.46. The van der Waals surface area contributed by atoms with Crippen LogP contribution in [0.5, 0.6) is 0 Å². The summed E-state index contributed by atoms with van der Waals surface area (Å²) in [7, 11) is 2.16. The number of nitrogens with zero attached hydrogens (tertiary/aromatic N) is 3. The van der Waals surface area contributed by atoms with Gasteiger partial charge in [-0.05, 0) is 51.4 Å². The first-order valence-corrected chi connectivity index (χ1v) is 7.67. The third kappa shape index (κ3) is 3.94. The molecule has 1 aliphatic rings. The van der Waals surface area contributed by atoms with Crippen molar-refractivity contribution in [2.45, 2.75) is 38.8 Å². The summed E-state index contributed by atoms with van der Waals surface area (Å²) >= 11 is 0. The number of likely N-dealkylation sites (tertiary alicyclic amines) is 1. The van der Waals surface area contributed by atoms with E-state index in [4.69, 9.17) is 4.74 Å². The fourth-order valence-corrected chi connectivity index (χ4v) is 2.86. The molecule has 0 bridgehead atoms. The molecule has 0 aliphatic carbocycles. The summed E-state index contributed by atoms with van der Waals surface area (Å²) in [5.41, 5.74) is 1.28. The maximum absolute atomic E-state index is 11.7. The van der Waals surface area contributed by atoms with Gasteiger partial charge < -0.3 is 9.64 Å². The molecule has 0 N–H and O–H groups in total. The molecule has 116 valence electrons. The molecule has 1 fully saturated rings. The largest absolute Gasteiger partial charge is 0.450 e. The minimum Gasteiger partial charge on any atom is -0.450 e. The van der Waals surface area contributed by atoms with Gasteiger partial charge in [0.1, 0.15) is 0 Å². The maximum Gasteiger partial charge on any atom is 0.409 e. The summed E-state index contributed by atoms with van der Waals surface area (Å²) in [6, 6.07) is 4.98. The normalized spacial score (nSPS) is 17.8. The highest BCUT2D eigenvalue weighted by Crippen LogP contribution is 2.25. The molecule has 1 aromatic rings. The van der Waals surface area contributed by atoms with E-state index < -0.39 is 0 Å². The van der Waals surface area contributed by atoms with Crippen LogP contribution >= 0.6 is 0 Å². The molecule has 5 heteroatoms. The van der Waals surface area contributed by atoms with Crippen molar-refractivity contribution in [1.29, 1.82) is 0 Å². The van der Waals surface area contributed by atoms with Crippen LogP contribution in [0.2, 0.25) is 0 Å². The van der Waals surface area contributed by atoms with Gasteiger partial charge >= 0.3 is 6.09 Å². The van der Waals surface area contributed by atoms with Crippen molar-refractivity contribution in [2.75, 3.05) is 26.7 Å². The van der Waals surface area contributed by atoms with Crippen LogP contribution in [0.25, 0.3) is 0 Å². The molecule has 1 amide bonds. The van der Waals surface area contributed by atoms with Gasteiger partial charge in [-0.3, -0.25) is 9.88 Å². The van der Waals surface area contributed by atoms with E-state index in [2.05, 4.69) is 36.0 Å². The Hall–Kier alpha value is -1.62. The zero-order valence-corrected chi connectivity index (χ0v) is 13.2. The third-order valence-electron chi connectivity index (χ3n) is 4.37. The molecule has 1 saturated heterocycles. The second-order valence-corrected chi connectivity index (χ2v) is 5.54. The zero-order valence-electron chi connectivity index (χ0n) is 13.2.